The second-order valence-corrected chi connectivity index (χ2v) is 5.92. The molecule has 0 atom stereocenters. The molecule has 1 aliphatic carbocycles. The van der Waals surface area contributed by atoms with E-state index in [0.29, 0.717) is 30.9 Å². The Labute approximate surface area is 145 Å². The van der Waals surface area contributed by atoms with Crippen molar-refractivity contribution in [2.75, 3.05) is 6.61 Å². The molecule has 2 aromatic rings. The van der Waals surface area contributed by atoms with E-state index in [1.54, 1.807) is 18.2 Å². The molecular weight excluding hydrogens is 322 g/mol. The summed E-state index contributed by atoms with van der Waals surface area (Å²) in [6, 6.07) is 16.3. The normalized spacial score (nSPS) is 14.4. The third-order valence-electron chi connectivity index (χ3n) is 3.89. The van der Waals surface area contributed by atoms with E-state index in [1.165, 1.54) is 0 Å². The number of aliphatic carboxylic acids is 1. The molecule has 0 radical (unpaired) electrons. The molecule has 6 heteroatoms. The molecular formula is C19H19NO5. The Morgan fingerprint density at radius 1 is 1.04 bits per heavy atom. The first-order valence-electron chi connectivity index (χ1n) is 8.03. The van der Waals surface area contributed by atoms with Crippen LogP contribution in [0.25, 0.3) is 0 Å². The molecule has 130 valence electrons. The van der Waals surface area contributed by atoms with Crippen LogP contribution < -0.4 is 14.8 Å². The first-order valence-corrected chi connectivity index (χ1v) is 8.03. The van der Waals surface area contributed by atoms with E-state index in [-0.39, 0.29) is 5.91 Å². The first-order chi connectivity index (χ1) is 12.1. The third kappa shape index (κ3) is 4.50. The lowest BCUT2D eigenvalue weighted by molar-refractivity contribution is -0.139. The molecule has 1 amide bonds. The van der Waals surface area contributed by atoms with Gasteiger partial charge in [-0.05, 0) is 29.8 Å². The molecule has 0 unspecified atom stereocenters. The minimum absolute atomic E-state index is 0.145. The Bertz CT molecular complexity index is 755. The molecule has 0 aromatic heterocycles. The highest BCUT2D eigenvalue weighted by atomic mass is 16.5. The van der Waals surface area contributed by atoms with Gasteiger partial charge in [0.05, 0.1) is 0 Å². The summed E-state index contributed by atoms with van der Waals surface area (Å²) >= 11 is 0. The Balaban J connectivity index is 1.55. The van der Waals surface area contributed by atoms with Crippen LogP contribution in [0.4, 0.5) is 0 Å². The van der Waals surface area contributed by atoms with Gasteiger partial charge in [0, 0.05) is 19.4 Å². The Morgan fingerprint density at radius 2 is 1.76 bits per heavy atom. The molecule has 0 bridgehead atoms. The molecule has 0 spiro atoms. The van der Waals surface area contributed by atoms with Gasteiger partial charge < -0.3 is 19.9 Å². The number of nitrogens with one attached hydrogen (secondary N) is 1. The number of hydrogen-bond donors (Lipinski definition) is 2. The summed E-state index contributed by atoms with van der Waals surface area (Å²) in [4.78, 5) is 23.0. The highest BCUT2D eigenvalue weighted by Crippen LogP contribution is 2.40. The van der Waals surface area contributed by atoms with Crippen LogP contribution >= 0.6 is 0 Å². The highest BCUT2D eigenvalue weighted by Gasteiger charge is 2.52. The fourth-order valence-corrected chi connectivity index (χ4v) is 2.44. The van der Waals surface area contributed by atoms with E-state index in [4.69, 9.17) is 14.6 Å². The predicted octanol–water partition coefficient (Wildman–Crippen LogP) is 2.38. The SMILES string of the molecule is O=C(O)COc1cccc(CNC(=O)C2(Oc3ccccc3)CC2)c1. The molecule has 1 saturated carbocycles. The number of hydrogen-bond acceptors (Lipinski definition) is 4. The van der Waals surface area contributed by atoms with Crippen molar-refractivity contribution in [3.63, 3.8) is 0 Å². The number of carboxylic acids is 1. The van der Waals surface area contributed by atoms with Crippen molar-refractivity contribution in [3.05, 3.63) is 60.2 Å². The van der Waals surface area contributed by atoms with Crippen LogP contribution in [0.15, 0.2) is 54.6 Å². The van der Waals surface area contributed by atoms with Crippen LogP contribution in [0.5, 0.6) is 11.5 Å². The van der Waals surface area contributed by atoms with E-state index in [0.717, 1.165) is 5.56 Å². The van der Waals surface area contributed by atoms with Gasteiger partial charge in [-0.25, -0.2) is 4.79 Å². The average molecular weight is 341 g/mol. The number of carbonyl (C=O) groups is 2. The van der Waals surface area contributed by atoms with Crippen LogP contribution in [-0.2, 0) is 16.1 Å². The van der Waals surface area contributed by atoms with Gasteiger partial charge in [-0.15, -0.1) is 0 Å². The average Bonchev–Trinajstić information content (AvgIpc) is 3.40. The monoisotopic (exact) mass is 341 g/mol. The van der Waals surface area contributed by atoms with Gasteiger partial charge >= 0.3 is 5.97 Å². The summed E-state index contributed by atoms with van der Waals surface area (Å²) in [6.45, 7) is -0.0765. The van der Waals surface area contributed by atoms with Crippen molar-refractivity contribution >= 4 is 11.9 Å². The smallest absolute Gasteiger partial charge is 0.341 e. The molecule has 1 aliphatic rings. The maximum absolute atomic E-state index is 12.5. The summed E-state index contributed by atoms with van der Waals surface area (Å²) in [5, 5.41) is 11.5. The Morgan fingerprint density at radius 3 is 2.44 bits per heavy atom. The lowest BCUT2D eigenvalue weighted by Gasteiger charge is -2.18. The molecule has 2 aromatic carbocycles. The molecule has 0 saturated heterocycles. The topological polar surface area (TPSA) is 84.9 Å². The van der Waals surface area contributed by atoms with Gasteiger partial charge in [0.15, 0.2) is 12.2 Å². The van der Waals surface area contributed by atoms with E-state index >= 15 is 0 Å². The standard InChI is InChI=1S/C19H19NO5/c21-17(22)13-24-16-8-4-5-14(11-16)12-20-18(23)19(9-10-19)25-15-6-2-1-3-7-15/h1-8,11H,9-10,12-13H2,(H,20,23)(H,21,22). The number of amides is 1. The molecule has 0 aliphatic heterocycles. The van der Waals surface area contributed by atoms with Crippen molar-refractivity contribution in [3.8, 4) is 11.5 Å². The van der Waals surface area contributed by atoms with Crippen LogP contribution in [-0.4, -0.2) is 29.2 Å². The predicted molar refractivity (Wildman–Crippen MR) is 90.5 cm³/mol. The molecule has 6 nitrogen and oxygen atoms in total. The summed E-state index contributed by atoms with van der Waals surface area (Å²) < 4.78 is 11.0. The van der Waals surface area contributed by atoms with E-state index in [9.17, 15) is 9.59 Å². The third-order valence-corrected chi connectivity index (χ3v) is 3.89. The number of rotatable bonds is 8. The van der Waals surface area contributed by atoms with Crippen molar-refractivity contribution in [2.45, 2.75) is 25.0 Å². The Hall–Kier alpha value is -3.02. The maximum atomic E-state index is 12.5. The minimum Gasteiger partial charge on any atom is -0.482 e. The van der Waals surface area contributed by atoms with E-state index in [2.05, 4.69) is 5.32 Å². The van der Waals surface area contributed by atoms with Gasteiger partial charge in [-0.3, -0.25) is 4.79 Å². The second-order valence-electron chi connectivity index (χ2n) is 5.92. The van der Waals surface area contributed by atoms with Crippen LogP contribution in [0, 0.1) is 0 Å². The zero-order chi connectivity index (χ0) is 17.7. The highest BCUT2D eigenvalue weighted by molar-refractivity contribution is 5.88. The van der Waals surface area contributed by atoms with Crippen LogP contribution in [0.2, 0.25) is 0 Å². The van der Waals surface area contributed by atoms with Gasteiger partial charge in [-0.1, -0.05) is 30.3 Å². The fraction of sp³-hybridized carbons (Fsp3) is 0.263. The number of ether oxygens (including phenoxy) is 2. The fourth-order valence-electron chi connectivity index (χ4n) is 2.44. The van der Waals surface area contributed by atoms with Gasteiger partial charge in [0.25, 0.3) is 5.91 Å². The van der Waals surface area contributed by atoms with Crippen molar-refractivity contribution in [2.24, 2.45) is 0 Å². The van der Waals surface area contributed by atoms with Crippen LogP contribution in [0.3, 0.4) is 0 Å². The number of para-hydroxylation sites is 1. The summed E-state index contributed by atoms with van der Waals surface area (Å²) in [7, 11) is 0. The lowest BCUT2D eigenvalue weighted by Crippen LogP contribution is -2.40. The first kappa shape index (κ1) is 16.8. The molecule has 3 rings (SSSR count). The lowest BCUT2D eigenvalue weighted by atomic mass is 10.2. The van der Waals surface area contributed by atoms with Gasteiger partial charge in [-0.2, -0.15) is 0 Å². The zero-order valence-electron chi connectivity index (χ0n) is 13.6. The quantitative estimate of drug-likeness (QED) is 0.770. The largest absolute Gasteiger partial charge is 0.482 e. The van der Waals surface area contributed by atoms with Crippen molar-refractivity contribution in [1.82, 2.24) is 5.32 Å². The number of benzene rings is 2. The molecule has 0 heterocycles. The van der Waals surface area contributed by atoms with Crippen molar-refractivity contribution < 1.29 is 24.2 Å². The number of carboxylic acid groups (broad SMARTS) is 1. The van der Waals surface area contributed by atoms with Gasteiger partial charge in [0.1, 0.15) is 11.5 Å². The summed E-state index contributed by atoms with van der Waals surface area (Å²) in [5.41, 5.74) is 0.0467. The second kappa shape index (κ2) is 7.25. The molecule has 2 N–H and O–H groups in total. The molecule has 1 fully saturated rings. The van der Waals surface area contributed by atoms with Gasteiger partial charge in [0.2, 0.25) is 0 Å². The maximum Gasteiger partial charge on any atom is 0.341 e. The van der Waals surface area contributed by atoms with Crippen molar-refractivity contribution in [1.29, 1.82) is 0 Å². The van der Waals surface area contributed by atoms with E-state index < -0.39 is 18.2 Å². The summed E-state index contributed by atoms with van der Waals surface area (Å²) in [5.74, 6) is -0.0457. The molecule has 25 heavy (non-hydrogen) atoms. The van der Waals surface area contributed by atoms with E-state index in [1.807, 2.05) is 36.4 Å². The Kier molecular flexibility index (Phi) is 4.88. The number of carbonyl (C=O) groups excluding carboxylic acids is 1. The summed E-state index contributed by atoms with van der Waals surface area (Å²) in [6.07, 6.45) is 1.38. The van der Waals surface area contributed by atoms with Crippen LogP contribution in [0.1, 0.15) is 18.4 Å². The zero-order valence-corrected chi connectivity index (χ0v) is 13.6. The minimum atomic E-state index is -1.03.